The number of hydrogen-bond acceptors (Lipinski definition) is 2. The molecule has 184 valence electrons. The highest BCUT2D eigenvalue weighted by molar-refractivity contribution is 8.25. The Morgan fingerprint density at radius 2 is 1.05 bits per heavy atom. The quantitative estimate of drug-likeness (QED) is 0.171. The number of para-hydroxylation sites is 2. The van der Waals surface area contributed by atoms with Crippen LogP contribution in [0.15, 0.2) is 140 Å². The number of benzene rings is 6. The van der Waals surface area contributed by atoms with Gasteiger partial charge in [-0.25, -0.2) is 4.98 Å². The van der Waals surface area contributed by atoms with Crippen LogP contribution in [0.2, 0.25) is 0 Å². The molecular weight excluding hydrogens is 511 g/mol. The normalized spacial score (nSPS) is 12.2. The highest BCUT2D eigenvalue weighted by Crippen LogP contribution is 2.47. The van der Waals surface area contributed by atoms with Gasteiger partial charge in [-0.15, -0.1) is 0 Å². The van der Waals surface area contributed by atoms with E-state index in [1.165, 1.54) is 43.0 Å². The lowest BCUT2D eigenvalue weighted by atomic mass is 10.0. The van der Waals surface area contributed by atoms with Crippen molar-refractivity contribution in [3.8, 4) is 0 Å². The maximum absolute atomic E-state index is 6.86. The first-order chi connectivity index (χ1) is 19.2. The molecule has 0 bridgehead atoms. The molecule has 0 aliphatic carbocycles. The largest absolute Gasteiger partial charge is 0.291 e. The van der Waals surface area contributed by atoms with Crippen molar-refractivity contribution in [2.45, 2.75) is 0 Å². The molecule has 0 spiro atoms. The summed E-state index contributed by atoms with van der Waals surface area (Å²) in [7, 11) is 0. The van der Waals surface area contributed by atoms with E-state index in [-0.39, 0.29) is 0 Å². The third-order valence-corrected chi connectivity index (χ3v) is 12.8. The molecule has 39 heavy (non-hydrogen) atoms. The fourth-order valence-electron chi connectivity index (χ4n) is 6.10. The van der Waals surface area contributed by atoms with E-state index in [1.807, 2.05) is 0 Å². The Labute approximate surface area is 231 Å². The van der Waals surface area contributed by atoms with Gasteiger partial charge in [-0.3, -0.25) is 4.40 Å². The Morgan fingerprint density at radius 3 is 1.74 bits per heavy atom. The molecule has 0 aliphatic heterocycles. The molecule has 0 unspecified atom stereocenters. The molecular formula is C35H23N2PS. The molecule has 2 aromatic heterocycles. The Hall–Kier alpha value is -4.30. The molecule has 0 aliphatic rings. The van der Waals surface area contributed by atoms with Crippen LogP contribution in [0.5, 0.6) is 0 Å². The maximum atomic E-state index is 6.86. The summed E-state index contributed by atoms with van der Waals surface area (Å²) in [4.78, 5) is 5.12. The number of pyridine rings is 1. The van der Waals surface area contributed by atoms with Crippen molar-refractivity contribution < 1.29 is 0 Å². The molecule has 8 rings (SSSR count). The van der Waals surface area contributed by atoms with Crippen LogP contribution in [0.4, 0.5) is 0 Å². The van der Waals surface area contributed by atoms with E-state index in [4.69, 9.17) is 16.8 Å². The SMILES string of the molecule is S=P(c1ccccc1)(c1ccccc1)c1cc2c3ccccc3c3nc4ccccc4n3c2c2ccccc12. The Kier molecular flexibility index (Phi) is 5.00. The number of rotatable bonds is 3. The highest BCUT2D eigenvalue weighted by atomic mass is 32.4. The number of aromatic nitrogens is 2. The van der Waals surface area contributed by atoms with Gasteiger partial charge in [0.05, 0.1) is 16.6 Å². The number of hydrogen-bond donors (Lipinski definition) is 0. The van der Waals surface area contributed by atoms with E-state index in [0.29, 0.717) is 0 Å². The molecule has 0 fully saturated rings. The third kappa shape index (κ3) is 3.21. The summed E-state index contributed by atoms with van der Waals surface area (Å²) in [5.41, 5.74) is 4.29. The summed E-state index contributed by atoms with van der Waals surface area (Å²) in [6, 6.07) is 47.3. The number of fused-ring (bicyclic) bond motifs is 10. The molecule has 2 nitrogen and oxygen atoms in total. The van der Waals surface area contributed by atoms with Crippen LogP contribution in [0, 0.1) is 0 Å². The van der Waals surface area contributed by atoms with Crippen LogP contribution in [-0.4, -0.2) is 9.38 Å². The minimum absolute atomic E-state index is 0.989. The fraction of sp³-hybridized carbons (Fsp3) is 0. The Bertz CT molecular complexity index is 2210. The van der Waals surface area contributed by atoms with Gasteiger partial charge in [-0.05, 0) is 39.6 Å². The fourth-order valence-corrected chi connectivity index (χ4v) is 10.2. The molecule has 8 aromatic rings. The van der Waals surface area contributed by atoms with E-state index in [1.54, 1.807) is 0 Å². The summed E-state index contributed by atoms with van der Waals surface area (Å²) in [5, 5.41) is 9.59. The van der Waals surface area contributed by atoms with Crippen molar-refractivity contribution in [3.05, 3.63) is 140 Å². The summed E-state index contributed by atoms with van der Waals surface area (Å²) in [6.45, 7) is 0. The van der Waals surface area contributed by atoms with Crippen molar-refractivity contribution in [2.24, 2.45) is 0 Å². The van der Waals surface area contributed by atoms with Crippen LogP contribution < -0.4 is 15.9 Å². The van der Waals surface area contributed by atoms with Gasteiger partial charge < -0.3 is 0 Å². The first kappa shape index (κ1) is 22.7. The van der Waals surface area contributed by atoms with Gasteiger partial charge in [0, 0.05) is 27.5 Å². The second kappa shape index (κ2) is 8.61. The van der Waals surface area contributed by atoms with Crippen molar-refractivity contribution in [2.75, 3.05) is 0 Å². The van der Waals surface area contributed by atoms with Crippen molar-refractivity contribution in [1.82, 2.24) is 9.38 Å². The summed E-state index contributed by atoms with van der Waals surface area (Å²) in [6.07, 6.45) is 0. The molecule has 6 aromatic carbocycles. The number of nitrogens with zero attached hydrogens (tertiary/aromatic N) is 2. The average Bonchev–Trinajstić information content (AvgIpc) is 3.41. The zero-order valence-electron chi connectivity index (χ0n) is 21.0. The molecule has 2 heterocycles. The van der Waals surface area contributed by atoms with E-state index >= 15 is 0 Å². The minimum atomic E-state index is -2.39. The Balaban J connectivity index is 1.65. The number of imidazole rings is 1. The molecule has 0 radical (unpaired) electrons. The van der Waals surface area contributed by atoms with E-state index in [2.05, 4.69) is 144 Å². The lowest BCUT2D eigenvalue weighted by Gasteiger charge is -2.27. The molecule has 0 atom stereocenters. The van der Waals surface area contributed by atoms with Crippen LogP contribution in [0.3, 0.4) is 0 Å². The van der Waals surface area contributed by atoms with Crippen LogP contribution >= 0.6 is 6.04 Å². The van der Waals surface area contributed by atoms with Gasteiger partial charge in [-0.2, -0.15) is 0 Å². The maximum Gasteiger partial charge on any atom is 0.146 e. The predicted octanol–water partition coefficient (Wildman–Crippen LogP) is 7.70. The van der Waals surface area contributed by atoms with Crippen LogP contribution in [-0.2, 0) is 11.8 Å². The third-order valence-electron chi connectivity index (χ3n) is 7.82. The van der Waals surface area contributed by atoms with Gasteiger partial charge in [-0.1, -0.05) is 133 Å². The lowest BCUT2D eigenvalue weighted by Crippen LogP contribution is -2.25. The smallest absolute Gasteiger partial charge is 0.146 e. The summed E-state index contributed by atoms with van der Waals surface area (Å²) < 4.78 is 2.35. The van der Waals surface area contributed by atoms with Crippen molar-refractivity contribution in [1.29, 1.82) is 0 Å². The molecule has 0 amide bonds. The predicted molar refractivity (Wildman–Crippen MR) is 171 cm³/mol. The first-order valence-electron chi connectivity index (χ1n) is 13.1. The lowest BCUT2D eigenvalue weighted by molar-refractivity contribution is 1.32. The van der Waals surface area contributed by atoms with Gasteiger partial charge in [0.15, 0.2) is 0 Å². The zero-order valence-corrected chi connectivity index (χ0v) is 22.7. The minimum Gasteiger partial charge on any atom is -0.291 e. The monoisotopic (exact) mass is 534 g/mol. The van der Waals surface area contributed by atoms with E-state index < -0.39 is 6.04 Å². The second-order valence-electron chi connectivity index (χ2n) is 9.92. The average molecular weight is 535 g/mol. The topological polar surface area (TPSA) is 17.3 Å². The molecule has 4 heteroatoms. The summed E-state index contributed by atoms with van der Waals surface area (Å²) >= 11 is 6.86. The molecule has 0 N–H and O–H groups in total. The van der Waals surface area contributed by atoms with Gasteiger partial charge in [0.1, 0.15) is 5.65 Å². The van der Waals surface area contributed by atoms with Gasteiger partial charge >= 0.3 is 0 Å². The zero-order chi connectivity index (χ0) is 26.0. The van der Waals surface area contributed by atoms with Crippen molar-refractivity contribution >= 4 is 82.9 Å². The first-order valence-corrected chi connectivity index (χ1v) is 15.9. The van der Waals surface area contributed by atoms with Gasteiger partial charge in [0.2, 0.25) is 0 Å². The van der Waals surface area contributed by atoms with Crippen molar-refractivity contribution in [3.63, 3.8) is 0 Å². The standard InChI is InChI=1S/C35H23N2PS/c39-38(24-13-3-1-4-14-24,25-15-5-2-6-16-25)33-23-30-26-17-7-10-20-29(26)35-36-31-21-11-12-22-32(31)37(35)34(30)28-19-9-8-18-27(28)33/h1-23H. The molecule has 0 saturated carbocycles. The van der Waals surface area contributed by atoms with Gasteiger partial charge in [0.25, 0.3) is 0 Å². The molecule has 0 saturated heterocycles. The van der Waals surface area contributed by atoms with Crippen LogP contribution in [0.1, 0.15) is 0 Å². The van der Waals surface area contributed by atoms with E-state index in [9.17, 15) is 0 Å². The van der Waals surface area contributed by atoms with Crippen LogP contribution in [0.25, 0.3) is 49.1 Å². The highest BCUT2D eigenvalue weighted by Gasteiger charge is 2.28. The second-order valence-corrected chi connectivity index (χ2v) is 14.3. The Morgan fingerprint density at radius 1 is 0.513 bits per heavy atom. The summed E-state index contributed by atoms with van der Waals surface area (Å²) in [5.74, 6) is 0. The van der Waals surface area contributed by atoms with E-state index in [0.717, 1.165) is 22.1 Å².